The van der Waals surface area contributed by atoms with Crippen molar-refractivity contribution in [1.82, 2.24) is 14.5 Å². The summed E-state index contributed by atoms with van der Waals surface area (Å²) in [6.07, 6.45) is 3.84. The van der Waals surface area contributed by atoms with Gasteiger partial charge >= 0.3 is 0 Å². The molecule has 4 aromatic rings. The Bertz CT molecular complexity index is 2030. The number of pyridine rings is 2. The van der Waals surface area contributed by atoms with Crippen molar-refractivity contribution in [1.29, 1.82) is 5.26 Å². The number of nitriles is 1. The van der Waals surface area contributed by atoms with Gasteiger partial charge in [-0.2, -0.15) is 5.26 Å². The predicted octanol–water partition coefficient (Wildman–Crippen LogP) is 5.72. The molecule has 0 bridgehead atoms. The van der Waals surface area contributed by atoms with Crippen molar-refractivity contribution in [2.45, 2.75) is 45.7 Å². The molecule has 6 rings (SSSR count). The minimum atomic E-state index is -0.836. The maximum Gasteiger partial charge on any atom is 0.282 e. The van der Waals surface area contributed by atoms with Crippen LogP contribution >= 0.6 is 0 Å². The number of halogens is 2. The molecular weight excluding hydrogens is 590 g/mol. The van der Waals surface area contributed by atoms with Crippen molar-refractivity contribution in [2.75, 3.05) is 37.0 Å². The molecule has 2 aromatic heterocycles. The van der Waals surface area contributed by atoms with Gasteiger partial charge in [-0.3, -0.25) is 14.2 Å². The molecule has 0 spiro atoms. The lowest BCUT2D eigenvalue weighted by molar-refractivity contribution is -0.120. The number of carbonyl (C=O) groups excluding carboxylic acids is 1. The monoisotopic (exact) mass is 624 g/mol. The Morgan fingerprint density at radius 1 is 1.07 bits per heavy atom. The molecule has 1 amide bonds. The summed E-state index contributed by atoms with van der Waals surface area (Å²) >= 11 is 0. The van der Waals surface area contributed by atoms with Gasteiger partial charge in [-0.1, -0.05) is 38.1 Å². The standard InChI is InChI=1S/C35H34F2N6O3/c1-7-14-41-18-26-34(44)40(5)32-31(42(26)17-20(41)4)23-15-25(37)29(28-24(36)12-9-13-27(28)46-6)39-33(23)43(35(32)45)30-21(16-38)10-8-11-22(30)19(2)3/h7-15,19-20,26H,17-18H2,1-6H3/t20-,26-/m1/s1. The number of methoxy groups -OCH3 is 1. The average molecular weight is 625 g/mol. The van der Waals surface area contributed by atoms with Gasteiger partial charge in [-0.15, -0.1) is 0 Å². The number of amides is 1. The second-order valence-corrected chi connectivity index (χ2v) is 11.9. The number of likely N-dealkylation sites (N-methyl/N-ethyl adjacent to an activating group) is 1. The summed E-state index contributed by atoms with van der Waals surface area (Å²) < 4.78 is 38.4. The topological polar surface area (TPSA) is 94.7 Å². The highest BCUT2D eigenvalue weighted by molar-refractivity contribution is 6.11. The Morgan fingerprint density at radius 3 is 2.48 bits per heavy atom. The predicted molar refractivity (Wildman–Crippen MR) is 174 cm³/mol. The fraction of sp³-hybridized carbons (Fsp3) is 0.314. The molecule has 0 N–H and O–H groups in total. The molecule has 2 aliphatic heterocycles. The highest BCUT2D eigenvalue weighted by Gasteiger charge is 2.45. The van der Waals surface area contributed by atoms with E-state index in [2.05, 4.69) is 16.0 Å². The van der Waals surface area contributed by atoms with Crippen LogP contribution in [0.2, 0.25) is 0 Å². The molecule has 0 aliphatic carbocycles. The van der Waals surface area contributed by atoms with Gasteiger partial charge in [0.25, 0.3) is 11.5 Å². The minimum absolute atomic E-state index is 0.0279. The molecule has 2 atom stereocenters. The number of anilines is 2. The van der Waals surface area contributed by atoms with E-state index in [1.165, 1.54) is 47.9 Å². The van der Waals surface area contributed by atoms with Gasteiger partial charge < -0.3 is 19.4 Å². The van der Waals surface area contributed by atoms with Gasteiger partial charge in [-0.25, -0.2) is 13.8 Å². The number of piperazine rings is 1. The van der Waals surface area contributed by atoms with Crippen LogP contribution in [-0.2, 0) is 4.79 Å². The summed E-state index contributed by atoms with van der Waals surface area (Å²) in [6, 6.07) is 12.0. The smallest absolute Gasteiger partial charge is 0.282 e. The van der Waals surface area contributed by atoms with Gasteiger partial charge in [0.15, 0.2) is 11.5 Å². The Kier molecular flexibility index (Phi) is 7.76. The zero-order chi connectivity index (χ0) is 33.0. The number of carbonyl (C=O) groups is 1. The van der Waals surface area contributed by atoms with Crippen LogP contribution in [0.15, 0.2) is 59.5 Å². The van der Waals surface area contributed by atoms with Crippen molar-refractivity contribution in [3.63, 3.8) is 0 Å². The lowest BCUT2D eigenvalue weighted by Crippen LogP contribution is -2.64. The molecule has 2 aliphatic rings. The van der Waals surface area contributed by atoms with Gasteiger partial charge in [0.2, 0.25) is 0 Å². The van der Waals surface area contributed by atoms with Crippen LogP contribution in [-0.4, -0.2) is 59.7 Å². The number of benzene rings is 2. The molecule has 1 saturated heterocycles. The number of allylic oxidation sites excluding steroid dienone is 1. The van der Waals surface area contributed by atoms with Crippen LogP contribution in [0.1, 0.15) is 44.7 Å². The molecule has 4 heterocycles. The summed E-state index contributed by atoms with van der Waals surface area (Å²) in [4.78, 5) is 38.7. The summed E-state index contributed by atoms with van der Waals surface area (Å²) in [5.74, 6) is -1.93. The van der Waals surface area contributed by atoms with Crippen LogP contribution in [0.25, 0.3) is 28.0 Å². The third kappa shape index (κ3) is 4.59. The average Bonchev–Trinajstić information content (AvgIpc) is 3.03. The normalized spacial score (nSPS) is 17.9. The van der Waals surface area contributed by atoms with Gasteiger partial charge in [0.05, 0.1) is 29.6 Å². The lowest BCUT2D eigenvalue weighted by Gasteiger charge is -2.50. The van der Waals surface area contributed by atoms with Crippen molar-refractivity contribution in [3.8, 4) is 28.8 Å². The number of fused-ring (bicyclic) bond motifs is 5. The molecule has 1 fully saturated rings. The van der Waals surface area contributed by atoms with Crippen LogP contribution < -0.4 is 20.1 Å². The molecule has 0 unspecified atom stereocenters. The Morgan fingerprint density at radius 2 is 1.80 bits per heavy atom. The number of para-hydroxylation sites is 1. The molecule has 46 heavy (non-hydrogen) atoms. The van der Waals surface area contributed by atoms with Gasteiger partial charge in [0, 0.05) is 31.6 Å². The van der Waals surface area contributed by atoms with E-state index in [9.17, 15) is 14.9 Å². The maximum absolute atomic E-state index is 16.4. The van der Waals surface area contributed by atoms with Crippen LogP contribution in [0.3, 0.4) is 0 Å². The van der Waals surface area contributed by atoms with Crippen molar-refractivity contribution < 1.29 is 18.3 Å². The highest BCUT2D eigenvalue weighted by atomic mass is 19.1. The largest absolute Gasteiger partial charge is 0.496 e. The molecule has 236 valence electrons. The van der Waals surface area contributed by atoms with E-state index >= 15 is 8.78 Å². The number of nitrogens with zero attached hydrogens (tertiary/aromatic N) is 6. The van der Waals surface area contributed by atoms with E-state index in [1.807, 2.05) is 50.9 Å². The highest BCUT2D eigenvalue weighted by Crippen LogP contribution is 2.44. The van der Waals surface area contributed by atoms with E-state index in [1.54, 1.807) is 12.1 Å². The first-order chi connectivity index (χ1) is 22.0. The zero-order valence-corrected chi connectivity index (χ0v) is 26.5. The number of hydrogen-bond acceptors (Lipinski definition) is 7. The SMILES string of the molecule is CC=CN1C[C@@H]2C(=O)N(C)c3c(c4cc(F)c(-c5c(F)cccc5OC)nc4n(-c4c(C#N)cccc4C(C)C)c3=O)N2C[C@H]1C. The Balaban J connectivity index is 1.79. The second-order valence-electron chi connectivity index (χ2n) is 11.9. The number of hydrogen-bond donors (Lipinski definition) is 0. The van der Waals surface area contributed by atoms with Crippen LogP contribution in [0, 0.1) is 23.0 Å². The molecule has 2 aromatic carbocycles. The van der Waals surface area contributed by atoms with Crippen molar-refractivity contribution in [3.05, 3.63) is 87.9 Å². The number of ether oxygens (including phenoxy) is 1. The second kappa shape index (κ2) is 11.6. The summed E-state index contributed by atoms with van der Waals surface area (Å²) in [7, 11) is 2.89. The first kappa shape index (κ1) is 30.8. The van der Waals surface area contributed by atoms with Gasteiger partial charge in [-0.05, 0) is 55.8 Å². The van der Waals surface area contributed by atoms with Gasteiger partial charge in [0.1, 0.15) is 35.1 Å². The summed E-state index contributed by atoms with van der Waals surface area (Å²) in [6.45, 7) is 8.51. The third-order valence-corrected chi connectivity index (χ3v) is 8.88. The van der Waals surface area contributed by atoms with Crippen LogP contribution in [0.5, 0.6) is 5.75 Å². The first-order valence-corrected chi connectivity index (χ1v) is 15.1. The van der Waals surface area contributed by atoms with Crippen molar-refractivity contribution >= 4 is 28.3 Å². The lowest BCUT2D eigenvalue weighted by atomic mass is 9.96. The summed E-state index contributed by atoms with van der Waals surface area (Å²) in [5.41, 5.74) is 0.455. The molecule has 11 heteroatoms. The first-order valence-electron chi connectivity index (χ1n) is 15.1. The number of aromatic nitrogens is 2. The summed E-state index contributed by atoms with van der Waals surface area (Å²) in [5, 5.41) is 10.5. The molecular formula is C35H34F2N6O3. The quantitative estimate of drug-likeness (QED) is 0.280. The Labute approximate surface area is 265 Å². The molecule has 9 nitrogen and oxygen atoms in total. The van der Waals surface area contributed by atoms with Crippen molar-refractivity contribution in [2.24, 2.45) is 0 Å². The van der Waals surface area contributed by atoms with E-state index < -0.39 is 23.2 Å². The fourth-order valence-corrected chi connectivity index (χ4v) is 6.69. The Hall–Kier alpha value is -5.24. The van der Waals surface area contributed by atoms with Crippen LogP contribution in [0.4, 0.5) is 20.2 Å². The van der Waals surface area contributed by atoms with E-state index in [0.29, 0.717) is 24.3 Å². The molecule has 0 radical (unpaired) electrons. The van der Waals surface area contributed by atoms with E-state index in [0.717, 1.165) is 0 Å². The fourth-order valence-electron chi connectivity index (χ4n) is 6.69. The molecule has 0 saturated carbocycles. The van der Waals surface area contributed by atoms with E-state index in [-0.39, 0.29) is 62.8 Å². The maximum atomic E-state index is 16.4. The van der Waals surface area contributed by atoms with E-state index in [4.69, 9.17) is 4.74 Å². The third-order valence-electron chi connectivity index (χ3n) is 8.88. The zero-order valence-electron chi connectivity index (χ0n) is 26.5. The minimum Gasteiger partial charge on any atom is -0.496 e. The number of rotatable bonds is 5.